The summed E-state index contributed by atoms with van der Waals surface area (Å²) in [5, 5.41) is 0. The molecule has 1 fully saturated rings. The first kappa shape index (κ1) is 13.9. The Balaban J connectivity index is 2.26. The van der Waals surface area contributed by atoms with E-state index in [-0.39, 0.29) is 16.1 Å². The molecule has 2 unspecified atom stereocenters. The summed E-state index contributed by atoms with van der Waals surface area (Å²) in [6, 6.07) is 5.13. The maximum atomic E-state index is 14.1. The minimum Gasteiger partial charge on any atom is -0.497 e. The van der Waals surface area contributed by atoms with Crippen molar-refractivity contribution in [3.8, 4) is 5.75 Å². The molecule has 0 radical (unpaired) electrons. The molecule has 0 aliphatic heterocycles. The minimum absolute atomic E-state index is 0.0842. The van der Waals surface area contributed by atoms with Gasteiger partial charge in [0.05, 0.1) is 7.11 Å². The highest BCUT2D eigenvalue weighted by Gasteiger charge is 2.39. The largest absolute Gasteiger partial charge is 0.497 e. The van der Waals surface area contributed by atoms with Gasteiger partial charge in [-0.1, -0.05) is 42.3 Å². The number of alkyl halides is 1. The molecule has 100 valence electrons. The van der Waals surface area contributed by atoms with Crippen LogP contribution in [0.1, 0.15) is 43.5 Å². The van der Waals surface area contributed by atoms with Gasteiger partial charge in [-0.15, -0.1) is 0 Å². The topological polar surface area (TPSA) is 9.23 Å². The molecule has 0 bridgehead atoms. The number of rotatable bonds is 3. The molecule has 1 aliphatic carbocycles. The molecular weight excluding hydrogens is 295 g/mol. The van der Waals surface area contributed by atoms with Crippen molar-refractivity contribution in [1.82, 2.24) is 0 Å². The fourth-order valence-corrected chi connectivity index (χ4v) is 4.32. The van der Waals surface area contributed by atoms with Crippen molar-refractivity contribution < 1.29 is 9.13 Å². The predicted molar refractivity (Wildman–Crippen MR) is 75.7 cm³/mol. The summed E-state index contributed by atoms with van der Waals surface area (Å²) in [5.41, 5.74) is 1.02. The summed E-state index contributed by atoms with van der Waals surface area (Å²) >= 11 is 3.70. The molecule has 1 nitrogen and oxygen atoms in total. The molecule has 3 heteroatoms. The molecule has 2 rings (SSSR count). The average Bonchev–Trinajstić information content (AvgIpc) is 2.68. The summed E-state index contributed by atoms with van der Waals surface area (Å²) < 4.78 is 19.1. The average molecular weight is 315 g/mol. The van der Waals surface area contributed by atoms with E-state index in [1.807, 2.05) is 12.1 Å². The lowest BCUT2D eigenvalue weighted by molar-refractivity contribution is 0.255. The van der Waals surface area contributed by atoms with E-state index in [0.29, 0.717) is 11.7 Å². The van der Waals surface area contributed by atoms with Crippen molar-refractivity contribution in [2.45, 2.75) is 37.9 Å². The van der Waals surface area contributed by atoms with E-state index < -0.39 is 0 Å². The molecular formula is C15H20BrFO. The first-order valence-corrected chi connectivity index (χ1v) is 7.35. The third kappa shape index (κ3) is 2.56. The van der Waals surface area contributed by atoms with Crippen LogP contribution in [0.5, 0.6) is 5.75 Å². The van der Waals surface area contributed by atoms with Crippen LogP contribution >= 0.6 is 15.9 Å². The minimum atomic E-state index is -0.182. The fraction of sp³-hybridized carbons (Fsp3) is 0.600. The van der Waals surface area contributed by atoms with E-state index in [4.69, 9.17) is 4.74 Å². The Morgan fingerprint density at radius 3 is 2.67 bits per heavy atom. The monoisotopic (exact) mass is 314 g/mol. The second-order valence-electron chi connectivity index (χ2n) is 5.78. The zero-order valence-corrected chi connectivity index (χ0v) is 12.8. The molecule has 1 aromatic carbocycles. The summed E-state index contributed by atoms with van der Waals surface area (Å²) in [6.45, 7) is 4.56. The molecule has 1 aromatic rings. The zero-order valence-electron chi connectivity index (χ0n) is 11.2. The van der Waals surface area contributed by atoms with Crippen LogP contribution in [0.15, 0.2) is 18.2 Å². The second-order valence-corrected chi connectivity index (χ2v) is 6.76. The Bertz CT molecular complexity index is 431. The Kier molecular flexibility index (Phi) is 4.00. The molecule has 0 amide bonds. The molecule has 0 heterocycles. The summed E-state index contributed by atoms with van der Waals surface area (Å²) in [5.74, 6) is 0.876. The van der Waals surface area contributed by atoms with E-state index in [9.17, 15) is 4.39 Å². The van der Waals surface area contributed by atoms with Crippen molar-refractivity contribution >= 4 is 15.9 Å². The van der Waals surface area contributed by atoms with Gasteiger partial charge in [-0.2, -0.15) is 0 Å². The normalized spacial score (nSPS) is 23.9. The van der Waals surface area contributed by atoms with Crippen molar-refractivity contribution in [3.05, 3.63) is 29.6 Å². The highest BCUT2D eigenvalue weighted by molar-refractivity contribution is 9.09. The number of ether oxygens (including phenoxy) is 1. The summed E-state index contributed by atoms with van der Waals surface area (Å²) in [4.78, 5) is 0.0842. The first-order valence-electron chi connectivity index (χ1n) is 6.43. The van der Waals surface area contributed by atoms with E-state index in [2.05, 4.69) is 29.8 Å². The molecule has 1 saturated carbocycles. The van der Waals surface area contributed by atoms with Gasteiger partial charge in [0, 0.05) is 16.5 Å². The molecule has 2 atom stereocenters. The molecule has 0 saturated heterocycles. The maximum absolute atomic E-state index is 14.1. The van der Waals surface area contributed by atoms with Crippen LogP contribution < -0.4 is 4.74 Å². The summed E-state index contributed by atoms with van der Waals surface area (Å²) in [6.07, 6.45) is 3.61. The van der Waals surface area contributed by atoms with E-state index in [0.717, 1.165) is 12.0 Å². The van der Waals surface area contributed by atoms with Gasteiger partial charge in [-0.25, -0.2) is 4.39 Å². The van der Waals surface area contributed by atoms with Crippen LogP contribution in [-0.4, -0.2) is 7.11 Å². The second kappa shape index (κ2) is 5.20. The molecule has 0 spiro atoms. The van der Waals surface area contributed by atoms with Crippen LogP contribution in [-0.2, 0) is 0 Å². The van der Waals surface area contributed by atoms with Crippen LogP contribution in [0.2, 0.25) is 0 Å². The maximum Gasteiger partial charge on any atom is 0.131 e. The van der Waals surface area contributed by atoms with Gasteiger partial charge in [0.2, 0.25) is 0 Å². The number of methoxy groups -OCH3 is 1. The Hall–Kier alpha value is -0.570. The zero-order chi connectivity index (χ0) is 13.3. The molecule has 0 aromatic heterocycles. The highest BCUT2D eigenvalue weighted by Crippen LogP contribution is 2.52. The van der Waals surface area contributed by atoms with Gasteiger partial charge in [0.25, 0.3) is 0 Å². The van der Waals surface area contributed by atoms with Gasteiger partial charge < -0.3 is 4.74 Å². The van der Waals surface area contributed by atoms with Crippen LogP contribution in [0.4, 0.5) is 4.39 Å². The van der Waals surface area contributed by atoms with Gasteiger partial charge in [-0.3, -0.25) is 0 Å². The fourth-order valence-electron chi connectivity index (χ4n) is 2.97. The number of halogens is 2. The lowest BCUT2D eigenvalue weighted by Gasteiger charge is -2.31. The Labute approximate surface area is 117 Å². The van der Waals surface area contributed by atoms with Crippen LogP contribution in [0, 0.1) is 17.2 Å². The quantitative estimate of drug-likeness (QED) is 0.705. The van der Waals surface area contributed by atoms with E-state index in [1.54, 1.807) is 7.11 Å². The first-order chi connectivity index (χ1) is 8.45. The number of benzene rings is 1. The predicted octanol–water partition coefficient (Wildman–Crippen LogP) is 5.10. The van der Waals surface area contributed by atoms with Gasteiger partial charge >= 0.3 is 0 Å². The van der Waals surface area contributed by atoms with Crippen LogP contribution in [0.3, 0.4) is 0 Å². The molecule has 1 aliphatic rings. The lowest BCUT2D eigenvalue weighted by Crippen LogP contribution is -2.21. The smallest absolute Gasteiger partial charge is 0.131 e. The van der Waals surface area contributed by atoms with E-state index >= 15 is 0 Å². The lowest BCUT2D eigenvalue weighted by atomic mass is 9.78. The molecule has 0 N–H and O–H groups in total. The highest BCUT2D eigenvalue weighted by atomic mass is 79.9. The van der Waals surface area contributed by atoms with Crippen molar-refractivity contribution in [1.29, 1.82) is 0 Å². The summed E-state index contributed by atoms with van der Waals surface area (Å²) in [7, 11) is 1.56. The standard InChI is InChI=1S/C15H20BrFO/c1-15(2)8-4-5-12(15)14(16)11-7-6-10(18-3)9-13(11)17/h6-7,9,12,14H,4-5,8H2,1-3H3. The van der Waals surface area contributed by atoms with E-state index in [1.165, 1.54) is 18.9 Å². The van der Waals surface area contributed by atoms with Gasteiger partial charge in [0.1, 0.15) is 11.6 Å². The third-order valence-corrected chi connectivity index (χ3v) is 5.33. The SMILES string of the molecule is COc1ccc(C(Br)C2CCCC2(C)C)c(F)c1. The van der Waals surface area contributed by atoms with Crippen molar-refractivity contribution in [2.24, 2.45) is 11.3 Å². The number of hydrogen-bond donors (Lipinski definition) is 0. The van der Waals surface area contributed by atoms with Gasteiger partial charge in [-0.05, 0) is 30.2 Å². The molecule has 18 heavy (non-hydrogen) atoms. The van der Waals surface area contributed by atoms with Crippen molar-refractivity contribution in [3.63, 3.8) is 0 Å². The Morgan fingerprint density at radius 1 is 1.44 bits per heavy atom. The van der Waals surface area contributed by atoms with Gasteiger partial charge in [0.15, 0.2) is 0 Å². The van der Waals surface area contributed by atoms with Crippen LogP contribution in [0.25, 0.3) is 0 Å². The third-order valence-electron chi connectivity index (χ3n) is 4.20. The van der Waals surface area contributed by atoms with Crippen molar-refractivity contribution in [2.75, 3.05) is 7.11 Å². The Morgan fingerprint density at radius 2 is 2.17 bits per heavy atom. The number of hydrogen-bond acceptors (Lipinski definition) is 1.